The van der Waals surface area contributed by atoms with Gasteiger partial charge in [-0.3, -0.25) is 10.1 Å². The lowest BCUT2D eigenvalue weighted by Crippen LogP contribution is -2.19. The Morgan fingerprint density at radius 3 is 2.20 bits per heavy atom. The fourth-order valence-corrected chi connectivity index (χ4v) is 2.31. The van der Waals surface area contributed by atoms with Crippen molar-refractivity contribution in [2.45, 2.75) is 0 Å². The molecule has 0 fully saturated rings. The van der Waals surface area contributed by atoms with E-state index in [1.165, 1.54) is 12.1 Å². The monoisotopic (exact) mass is 352 g/mol. The molecule has 3 aromatic rings. The quantitative estimate of drug-likeness (QED) is 0.551. The maximum absolute atomic E-state index is 12.6. The number of hydrogen-bond acceptors (Lipinski definition) is 4. The van der Waals surface area contributed by atoms with Crippen LogP contribution in [0.1, 0.15) is 16.1 Å². The van der Waals surface area contributed by atoms with Crippen LogP contribution in [0.25, 0.3) is 0 Å². The number of carbonyl (C=O) groups excluding carboxylic acids is 2. The van der Waals surface area contributed by atoms with Gasteiger partial charge in [0.1, 0.15) is 16.6 Å². The smallest absolute Gasteiger partial charge is 0.410 e. The van der Waals surface area contributed by atoms with Crippen LogP contribution in [-0.4, -0.2) is 16.9 Å². The number of rotatable bonds is 4. The standard InChI is InChI=1S/C19H13ClN2O3/c20-16-12-11-15(21-19(24)25-14-9-5-2-6-10-14)17(22-16)18(23)13-7-3-1-4-8-13/h1-12H,(H,21,24). The molecular formula is C19H13ClN2O3. The highest BCUT2D eigenvalue weighted by molar-refractivity contribution is 6.30. The van der Waals surface area contributed by atoms with Gasteiger partial charge in [-0.1, -0.05) is 60.1 Å². The van der Waals surface area contributed by atoms with E-state index in [0.29, 0.717) is 11.3 Å². The van der Waals surface area contributed by atoms with Crippen molar-refractivity contribution in [2.24, 2.45) is 0 Å². The van der Waals surface area contributed by atoms with Gasteiger partial charge >= 0.3 is 6.09 Å². The Hall–Kier alpha value is -3.18. The summed E-state index contributed by atoms with van der Waals surface area (Å²) in [7, 11) is 0. The molecule has 25 heavy (non-hydrogen) atoms. The van der Waals surface area contributed by atoms with Gasteiger partial charge in [0, 0.05) is 5.56 Å². The van der Waals surface area contributed by atoms with Crippen molar-refractivity contribution < 1.29 is 14.3 Å². The van der Waals surface area contributed by atoms with Gasteiger partial charge in [-0.05, 0) is 24.3 Å². The lowest BCUT2D eigenvalue weighted by molar-refractivity contribution is 0.103. The van der Waals surface area contributed by atoms with Gasteiger partial charge in [-0.15, -0.1) is 0 Å². The van der Waals surface area contributed by atoms with Gasteiger partial charge in [0.25, 0.3) is 0 Å². The third-order valence-electron chi connectivity index (χ3n) is 3.30. The number of anilines is 1. The number of amides is 1. The second kappa shape index (κ2) is 7.59. The molecule has 5 nitrogen and oxygen atoms in total. The first kappa shape index (κ1) is 16.7. The number of ether oxygens (including phenoxy) is 1. The van der Waals surface area contributed by atoms with Crippen LogP contribution in [0.4, 0.5) is 10.5 Å². The fraction of sp³-hybridized carbons (Fsp3) is 0. The molecular weight excluding hydrogens is 340 g/mol. The summed E-state index contributed by atoms with van der Waals surface area (Å²) in [5, 5.41) is 2.69. The minimum Gasteiger partial charge on any atom is -0.410 e. The summed E-state index contributed by atoms with van der Waals surface area (Å²) in [5.41, 5.74) is 0.708. The van der Waals surface area contributed by atoms with E-state index in [2.05, 4.69) is 10.3 Å². The molecule has 1 amide bonds. The molecule has 1 N–H and O–H groups in total. The molecule has 0 aliphatic carbocycles. The van der Waals surface area contributed by atoms with E-state index in [0.717, 1.165) is 0 Å². The minimum atomic E-state index is -0.725. The number of nitrogens with one attached hydrogen (secondary N) is 1. The Morgan fingerprint density at radius 1 is 0.880 bits per heavy atom. The number of para-hydroxylation sites is 1. The van der Waals surface area contributed by atoms with Crippen molar-refractivity contribution in [3.05, 3.63) is 89.2 Å². The molecule has 1 heterocycles. The normalized spacial score (nSPS) is 10.1. The van der Waals surface area contributed by atoms with E-state index in [9.17, 15) is 9.59 Å². The summed E-state index contributed by atoms with van der Waals surface area (Å²) in [4.78, 5) is 28.8. The Kier molecular flexibility index (Phi) is 5.06. The average molecular weight is 353 g/mol. The largest absolute Gasteiger partial charge is 0.417 e. The molecule has 0 saturated carbocycles. The van der Waals surface area contributed by atoms with Gasteiger partial charge in [0.2, 0.25) is 5.78 Å². The summed E-state index contributed by atoms with van der Waals surface area (Å²) in [6.45, 7) is 0. The summed E-state index contributed by atoms with van der Waals surface area (Å²) < 4.78 is 5.17. The zero-order chi connectivity index (χ0) is 17.6. The molecule has 0 saturated heterocycles. The number of carbonyl (C=O) groups is 2. The number of benzene rings is 2. The van der Waals surface area contributed by atoms with Crippen molar-refractivity contribution in [2.75, 3.05) is 5.32 Å². The van der Waals surface area contributed by atoms with Crippen molar-refractivity contribution in [3.63, 3.8) is 0 Å². The zero-order valence-corrected chi connectivity index (χ0v) is 13.7. The lowest BCUT2D eigenvalue weighted by atomic mass is 10.1. The van der Waals surface area contributed by atoms with Crippen LogP contribution in [0, 0.1) is 0 Å². The minimum absolute atomic E-state index is 0.0451. The summed E-state index contributed by atoms with van der Waals surface area (Å²) in [5.74, 6) is 0.0379. The van der Waals surface area contributed by atoms with Gasteiger partial charge in [0.15, 0.2) is 0 Å². The third-order valence-corrected chi connectivity index (χ3v) is 3.51. The molecule has 0 bridgehead atoms. The number of pyridine rings is 1. The molecule has 1 aromatic heterocycles. The second-order valence-corrected chi connectivity index (χ2v) is 5.44. The number of nitrogens with zero attached hydrogens (tertiary/aromatic N) is 1. The van der Waals surface area contributed by atoms with Gasteiger partial charge in [0.05, 0.1) is 5.69 Å². The van der Waals surface area contributed by atoms with Crippen molar-refractivity contribution >= 4 is 29.2 Å². The van der Waals surface area contributed by atoms with E-state index in [-0.39, 0.29) is 22.3 Å². The lowest BCUT2D eigenvalue weighted by Gasteiger charge is -2.10. The molecule has 0 aliphatic rings. The van der Waals surface area contributed by atoms with E-state index in [4.69, 9.17) is 16.3 Å². The van der Waals surface area contributed by atoms with E-state index in [1.807, 2.05) is 6.07 Å². The molecule has 0 aliphatic heterocycles. The zero-order valence-electron chi connectivity index (χ0n) is 13.0. The average Bonchev–Trinajstić information content (AvgIpc) is 2.64. The highest BCUT2D eigenvalue weighted by atomic mass is 35.5. The van der Waals surface area contributed by atoms with E-state index >= 15 is 0 Å². The molecule has 124 valence electrons. The first-order chi connectivity index (χ1) is 12.1. The summed E-state index contributed by atoms with van der Waals surface area (Å²) in [6.07, 6.45) is -0.725. The van der Waals surface area contributed by atoms with Crippen LogP contribution >= 0.6 is 11.6 Å². The maximum atomic E-state index is 12.6. The Labute approximate surface area is 149 Å². The molecule has 6 heteroatoms. The van der Waals surface area contributed by atoms with Crippen molar-refractivity contribution in [1.82, 2.24) is 4.98 Å². The number of hydrogen-bond donors (Lipinski definition) is 1. The molecule has 0 radical (unpaired) electrons. The Bertz CT molecular complexity index is 899. The van der Waals surface area contributed by atoms with Crippen LogP contribution in [0.5, 0.6) is 5.75 Å². The molecule has 0 atom stereocenters. The van der Waals surface area contributed by atoms with E-state index < -0.39 is 6.09 Å². The SMILES string of the molecule is O=C(Nc1ccc(Cl)nc1C(=O)c1ccccc1)Oc1ccccc1. The second-order valence-electron chi connectivity index (χ2n) is 5.05. The van der Waals surface area contributed by atoms with Crippen LogP contribution in [0.2, 0.25) is 5.15 Å². The van der Waals surface area contributed by atoms with Gasteiger partial charge < -0.3 is 4.74 Å². The first-order valence-electron chi connectivity index (χ1n) is 7.43. The van der Waals surface area contributed by atoms with Crippen molar-refractivity contribution in [3.8, 4) is 5.75 Å². The van der Waals surface area contributed by atoms with Gasteiger partial charge in [-0.2, -0.15) is 0 Å². The fourth-order valence-electron chi connectivity index (χ4n) is 2.17. The third kappa shape index (κ3) is 4.22. The summed E-state index contributed by atoms with van der Waals surface area (Å²) in [6, 6.07) is 20.2. The Morgan fingerprint density at radius 2 is 1.52 bits per heavy atom. The summed E-state index contributed by atoms with van der Waals surface area (Å²) >= 11 is 5.91. The van der Waals surface area contributed by atoms with Crippen molar-refractivity contribution in [1.29, 1.82) is 0 Å². The van der Waals surface area contributed by atoms with Crippen LogP contribution in [0.3, 0.4) is 0 Å². The molecule has 0 unspecified atom stereocenters. The molecule has 3 rings (SSSR count). The number of halogens is 1. The number of ketones is 1. The predicted molar refractivity (Wildman–Crippen MR) is 95.2 cm³/mol. The maximum Gasteiger partial charge on any atom is 0.417 e. The van der Waals surface area contributed by atoms with E-state index in [1.54, 1.807) is 54.6 Å². The highest BCUT2D eigenvalue weighted by Gasteiger charge is 2.18. The Balaban J connectivity index is 1.84. The van der Waals surface area contributed by atoms with Gasteiger partial charge in [-0.25, -0.2) is 9.78 Å². The highest BCUT2D eigenvalue weighted by Crippen LogP contribution is 2.21. The molecule has 2 aromatic carbocycles. The van der Waals surface area contributed by atoms with Crippen LogP contribution in [-0.2, 0) is 0 Å². The van der Waals surface area contributed by atoms with Crippen LogP contribution < -0.4 is 10.1 Å². The first-order valence-corrected chi connectivity index (χ1v) is 7.81. The molecule has 0 spiro atoms. The predicted octanol–water partition coefficient (Wildman–Crippen LogP) is 4.58. The topological polar surface area (TPSA) is 68.3 Å². The van der Waals surface area contributed by atoms with Crippen LogP contribution in [0.15, 0.2) is 72.8 Å². The number of aromatic nitrogens is 1.